The van der Waals surface area contributed by atoms with Gasteiger partial charge in [-0.15, -0.1) is 0 Å². The Kier molecular flexibility index (Phi) is 2.31. The lowest BCUT2D eigenvalue weighted by atomic mass is 9.68. The molecule has 0 amide bonds. The summed E-state index contributed by atoms with van der Waals surface area (Å²) in [5.74, 6) is 2.29. The maximum absolute atomic E-state index is 12.4. The van der Waals surface area contributed by atoms with Gasteiger partial charge in [-0.1, -0.05) is 6.42 Å². The Morgan fingerprint density at radius 3 is 2.88 bits per heavy atom. The number of carbonyl (C=O) groups excluding carboxylic acids is 1. The van der Waals surface area contributed by atoms with Crippen LogP contribution in [0.1, 0.15) is 52.4 Å². The lowest BCUT2D eigenvalue weighted by Crippen LogP contribution is -2.42. The van der Waals surface area contributed by atoms with Gasteiger partial charge < -0.3 is 4.74 Å². The molecule has 0 heterocycles. The third-order valence-electron chi connectivity index (χ3n) is 5.26. The van der Waals surface area contributed by atoms with E-state index >= 15 is 0 Å². The molecule has 3 aliphatic rings. The number of ether oxygens (including phenoxy) is 1. The van der Waals surface area contributed by atoms with Gasteiger partial charge in [0.05, 0.1) is 11.5 Å². The monoisotopic (exact) mass is 222 g/mol. The predicted octanol–water partition coefficient (Wildman–Crippen LogP) is 3.15. The summed E-state index contributed by atoms with van der Waals surface area (Å²) in [6.07, 6.45) is 7.60. The fourth-order valence-electron chi connectivity index (χ4n) is 4.81. The molecule has 2 nitrogen and oxygen atoms in total. The van der Waals surface area contributed by atoms with E-state index in [1.807, 2.05) is 13.8 Å². The third-order valence-corrected chi connectivity index (χ3v) is 5.26. The zero-order chi connectivity index (χ0) is 11.3. The second kappa shape index (κ2) is 3.48. The Morgan fingerprint density at radius 1 is 1.31 bits per heavy atom. The highest BCUT2D eigenvalue weighted by molar-refractivity contribution is 5.79. The van der Waals surface area contributed by atoms with E-state index in [4.69, 9.17) is 4.74 Å². The van der Waals surface area contributed by atoms with Gasteiger partial charge in [-0.2, -0.15) is 0 Å². The minimum atomic E-state index is -0.0484. The number of hydrogen-bond acceptors (Lipinski definition) is 2. The molecular weight excluding hydrogens is 200 g/mol. The summed E-state index contributed by atoms with van der Waals surface area (Å²) < 4.78 is 5.55. The Labute approximate surface area is 97.7 Å². The summed E-state index contributed by atoms with van der Waals surface area (Å²) in [5.41, 5.74) is -0.0484. The summed E-state index contributed by atoms with van der Waals surface area (Å²) in [7, 11) is 0. The maximum atomic E-state index is 12.4. The fourth-order valence-corrected chi connectivity index (χ4v) is 4.81. The molecular formula is C14H22O2. The van der Waals surface area contributed by atoms with Gasteiger partial charge >= 0.3 is 5.97 Å². The molecule has 2 heteroatoms. The molecule has 0 spiro atoms. The molecule has 2 bridgehead atoms. The molecule has 4 unspecified atom stereocenters. The van der Waals surface area contributed by atoms with Crippen molar-refractivity contribution in [3.8, 4) is 0 Å². The van der Waals surface area contributed by atoms with Gasteiger partial charge in [0.1, 0.15) is 0 Å². The van der Waals surface area contributed by atoms with Crippen molar-refractivity contribution < 1.29 is 9.53 Å². The van der Waals surface area contributed by atoms with E-state index in [1.165, 1.54) is 32.1 Å². The van der Waals surface area contributed by atoms with Crippen LogP contribution < -0.4 is 0 Å². The van der Waals surface area contributed by atoms with E-state index in [2.05, 4.69) is 0 Å². The van der Waals surface area contributed by atoms with Crippen LogP contribution in [0.5, 0.6) is 0 Å². The van der Waals surface area contributed by atoms with Gasteiger partial charge in [0.15, 0.2) is 0 Å². The van der Waals surface area contributed by atoms with Gasteiger partial charge in [-0.25, -0.2) is 0 Å². The van der Waals surface area contributed by atoms with Crippen LogP contribution in [0, 0.1) is 23.2 Å². The molecule has 16 heavy (non-hydrogen) atoms. The van der Waals surface area contributed by atoms with Crippen LogP contribution in [-0.2, 0) is 9.53 Å². The van der Waals surface area contributed by atoms with E-state index in [0.717, 1.165) is 12.3 Å². The number of hydrogen-bond donors (Lipinski definition) is 0. The van der Waals surface area contributed by atoms with Gasteiger partial charge in [0.25, 0.3) is 0 Å². The van der Waals surface area contributed by atoms with Crippen molar-refractivity contribution in [2.24, 2.45) is 23.2 Å². The van der Waals surface area contributed by atoms with E-state index in [0.29, 0.717) is 11.8 Å². The van der Waals surface area contributed by atoms with E-state index < -0.39 is 0 Å². The molecule has 3 fully saturated rings. The molecule has 0 aromatic heterocycles. The van der Waals surface area contributed by atoms with Crippen LogP contribution in [0.15, 0.2) is 0 Å². The summed E-state index contributed by atoms with van der Waals surface area (Å²) >= 11 is 0. The van der Waals surface area contributed by atoms with Crippen LogP contribution in [0.25, 0.3) is 0 Å². The molecule has 0 aromatic carbocycles. The largest absolute Gasteiger partial charge is 0.463 e. The van der Waals surface area contributed by atoms with Crippen LogP contribution in [0.2, 0.25) is 0 Å². The Bertz CT molecular complexity index is 310. The molecule has 3 rings (SSSR count). The minimum Gasteiger partial charge on any atom is -0.463 e. The first-order valence-corrected chi connectivity index (χ1v) is 6.85. The highest BCUT2D eigenvalue weighted by Crippen LogP contribution is 2.66. The van der Waals surface area contributed by atoms with Crippen LogP contribution in [-0.4, -0.2) is 12.1 Å². The first kappa shape index (κ1) is 10.6. The van der Waals surface area contributed by atoms with Gasteiger partial charge in [0.2, 0.25) is 0 Å². The van der Waals surface area contributed by atoms with E-state index in [-0.39, 0.29) is 17.5 Å². The van der Waals surface area contributed by atoms with Gasteiger partial charge in [-0.3, -0.25) is 4.79 Å². The summed E-state index contributed by atoms with van der Waals surface area (Å²) in [4.78, 5) is 12.4. The number of esters is 1. The molecule has 3 aliphatic carbocycles. The summed E-state index contributed by atoms with van der Waals surface area (Å²) in [6, 6.07) is 0. The second-order valence-corrected chi connectivity index (χ2v) is 6.26. The van der Waals surface area contributed by atoms with Crippen LogP contribution in [0.3, 0.4) is 0 Å². The molecule has 4 atom stereocenters. The topological polar surface area (TPSA) is 26.3 Å². The lowest BCUT2D eigenvalue weighted by Gasteiger charge is -2.37. The molecule has 90 valence electrons. The molecule has 0 saturated heterocycles. The lowest BCUT2D eigenvalue weighted by molar-refractivity contribution is -0.166. The normalized spacial score (nSPS) is 45.1. The van der Waals surface area contributed by atoms with Gasteiger partial charge in [0, 0.05) is 0 Å². The van der Waals surface area contributed by atoms with Crippen molar-refractivity contribution in [2.75, 3.05) is 0 Å². The zero-order valence-electron chi connectivity index (χ0n) is 10.4. The Hall–Kier alpha value is -0.530. The standard InChI is InChI=1S/C14H22O2/c1-9(2)16-13(15)14-7-3-4-12(14)10-5-6-11(14)8-10/h9-12H,3-8H2,1-2H3. The van der Waals surface area contributed by atoms with Crippen molar-refractivity contribution in [2.45, 2.75) is 58.5 Å². The number of carbonyl (C=O) groups is 1. The fraction of sp³-hybridized carbons (Fsp3) is 0.929. The van der Waals surface area contributed by atoms with Gasteiger partial charge in [-0.05, 0) is 63.7 Å². The minimum absolute atomic E-state index is 0.0438. The Morgan fingerprint density at radius 2 is 2.12 bits per heavy atom. The molecule has 0 N–H and O–H groups in total. The van der Waals surface area contributed by atoms with Crippen molar-refractivity contribution in [3.63, 3.8) is 0 Å². The first-order chi connectivity index (χ1) is 7.64. The van der Waals surface area contributed by atoms with E-state index in [1.54, 1.807) is 0 Å². The molecule has 0 aliphatic heterocycles. The summed E-state index contributed by atoms with van der Waals surface area (Å²) in [6.45, 7) is 3.93. The van der Waals surface area contributed by atoms with Crippen molar-refractivity contribution >= 4 is 5.97 Å². The SMILES string of the molecule is CC(C)OC(=O)C12CCCC1C1CCC2C1. The number of rotatable bonds is 2. The molecule has 0 aromatic rings. The maximum Gasteiger partial charge on any atom is 0.312 e. The summed E-state index contributed by atoms with van der Waals surface area (Å²) in [5, 5.41) is 0. The second-order valence-electron chi connectivity index (χ2n) is 6.26. The van der Waals surface area contributed by atoms with Crippen molar-refractivity contribution in [3.05, 3.63) is 0 Å². The average molecular weight is 222 g/mol. The number of fused-ring (bicyclic) bond motifs is 5. The smallest absolute Gasteiger partial charge is 0.312 e. The quantitative estimate of drug-likeness (QED) is 0.671. The van der Waals surface area contributed by atoms with Crippen molar-refractivity contribution in [1.29, 1.82) is 0 Å². The van der Waals surface area contributed by atoms with Crippen LogP contribution >= 0.6 is 0 Å². The zero-order valence-corrected chi connectivity index (χ0v) is 10.4. The first-order valence-electron chi connectivity index (χ1n) is 6.85. The third kappa shape index (κ3) is 1.22. The van der Waals surface area contributed by atoms with E-state index in [9.17, 15) is 4.79 Å². The molecule has 0 radical (unpaired) electrons. The highest BCUT2D eigenvalue weighted by Gasteiger charge is 2.64. The van der Waals surface area contributed by atoms with Crippen molar-refractivity contribution in [1.82, 2.24) is 0 Å². The van der Waals surface area contributed by atoms with Crippen LogP contribution in [0.4, 0.5) is 0 Å². The molecule has 3 saturated carbocycles. The Balaban J connectivity index is 1.88. The highest BCUT2D eigenvalue weighted by atomic mass is 16.5. The predicted molar refractivity (Wildman–Crippen MR) is 61.8 cm³/mol. The average Bonchev–Trinajstić information content (AvgIpc) is 2.89.